The van der Waals surface area contributed by atoms with Gasteiger partial charge in [-0.2, -0.15) is 9.78 Å². The lowest BCUT2D eigenvalue weighted by Crippen LogP contribution is -2.44. The summed E-state index contributed by atoms with van der Waals surface area (Å²) < 4.78 is 0. The van der Waals surface area contributed by atoms with Gasteiger partial charge in [-0.15, -0.1) is 0 Å². The molecule has 1 spiro atoms. The summed E-state index contributed by atoms with van der Waals surface area (Å²) in [5.74, 6) is -0.718. The molecule has 0 bridgehead atoms. The first kappa shape index (κ1) is 15.2. The molecule has 1 heterocycles. The van der Waals surface area contributed by atoms with Gasteiger partial charge in [-0.3, -0.25) is 0 Å². The minimum Gasteiger partial charge on any atom is -0.228 e. The predicted molar refractivity (Wildman–Crippen MR) is 72.2 cm³/mol. The Kier molecular flexibility index (Phi) is 4.56. The maximum atomic E-state index is 5.71. The van der Waals surface area contributed by atoms with Crippen molar-refractivity contribution in [1.82, 2.24) is 0 Å². The SMILES string of the molecule is CC1(C)CCCC(C)(C)OOC2(CCCCC2)OO1. The molecule has 4 nitrogen and oxygen atoms in total. The molecule has 0 N–H and O–H groups in total. The van der Waals surface area contributed by atoms with Gasteiger partial charge in [-0.25, -0.2) is 9.78 Å². The molecule has 0 unspecified atom stereocenters. The highest BCUT2D eigenvalue weighted by atomic mass is 17.3. The summed E-state index contributed by atoms with van der Waals surface area (Å²) in [6.07, 6.45) is 8.01. The minimum atomic E-state index is -0.718. The molecular weight excluding hydrogens is 244 g/mol. The molecule has 0 aromatic carbocycles. The fourth-order valence-electron chi connectivity index (χ4n) is 2.67. The molecule has 1 saturated heterocycles. The fraction of sp³-hybridized carbons (Fsp3) is 1.00. The molecule has 0 atom stereocenters. The molecule has 0 amide bonds. The second kappa shape index (κ2) is 5.68. The van der Waals surface area contributed by atoms with E-state index in [1.807, 2.05) is 0 Å². The molecule has 1 saturated carbocycles. The lowest BCUT2D eigenvalue weighted by Gasteiger charge is -2.40. The smallest absolute Gasteiger partial charge is 0.228 e. The molecule has 112 valence electrons. The highest BCUT2D eigenvalue weighted by Gasteiger charge is 2.41. The van der Waals surface area contributed by atoms with Crippen LogP contribution in [0, 0.1) is 0 Å². The highest BCUT2D eigenvalue weighted by Crippen LogP contribution is 2.37. The van der Waals surface area contributed by atoms with Crippen molar-refractivity contribution in [2.45, 2.75) is 96.1 Å². The summed E-state index contributed by atoms with van der Waals surface area (Å²) in [5.41, 5.74) is -0.553. The Hall–Kier alpha value is -0.160. The Labute approximate surface area is 116 Å². The summed E-state index contributed by atoms with van der Waals surface area (Å²) in [6.45, 7) is 8.27. The lowest BCUT2D eigenvalue weighted by atomic mass is 9.94. The van der Waals surface area contributed by atoms with Crippen molar-refractivity contribution in [3.8, 4) is 0 Å². The highest BCUT2D eigenvalue weighted by molar-refractivity contribution is 4.77. The van der Waals surface area contributed by atoms with Crippen LogP contribution in [0.2, 0.25) is 0 Å². The van der Waals surface area contributed by atoms with Crippen molar-refractivity contribution in [2.24, 2.45) is 0 Å². The van der Waals surface area contributed by atoms with Crippen LogP contribution in [0.25, 0.3) is 0 Å². The van der Waals surface area contributed by atoms with E-state index in [2.05, 4.69) is 27.7 Å². The van der Waals surface area contributed by atoms with Crippen LogP contribution in [-0.2, 0) is 19.6 Å². The van der Waals surface area contributed by atoms with Gasteiger partial charge in [-0.05, 0) is 59.8 Å². The third kappa shape index (κ3) is 4.42. The van der Waals surface area contributed by atoms with Gasteiger partial charge in [0.25, 0.3) is 0 Å². The summed E-state index contributed by atoms with van der Waals surface area (Å²) in [4.78, 5) is 22.7. The summed E-state index contributed by atoms with van der Waals surface area (Å²) >= 11 is 0. The van der Waals surface area contributed by atoms with Crippen LogP contribution in [0.15, 0.2) is 0 Å². The Bertz CT molecular complexity index is 271. The average Bonchev–Trinajstić information content (AvgIpc) is 2.35. The zero-order chi connectivity index (χ0) is 14.0. The molecule has 2 fully saturated rings. The van der Waals surface area contributed by atoms with E-state index in [1.54, 1.807) is 0 Å². The second-order valence-electron chi connectivity index (χ2n) is 7.18. The molecule has 2 rings (SSSR count). The minimum absolute atomic E-state index is 0.277. The summed E-state index contributed by atoms with van der Waals surface area (Å²) in [5, 5.41) is 0. The van der Waals surface area contributed by atoms with Crippen molar-refractivity contribution >= 4 is 0 Å². The number of hydrogen-bond donors (Lipinski definition) is 0. The first-order valence-electron chi connectivity index (χ1n) is 7.56. The van der Waals surface area contributed by atoms with Crippen LogP contribution >= 0.6 is 0 Å². The molecule has 1 aliphatic carbocycles. The normalized spacial score (nSPS) is 30.9. The maximum absolute atomic E-state index is 5.71. The standard InChI is InChI=1S/C15H28O4/c1-13(2)9-8-10-14(3,4)17-19-15(18-16-13)11-6-5-7-12-15/h5-12H2,1-4H3. The van der Waals surface area contributed by atoms with Crippen LogP contribution in [-0.4, -0.2) is 17.0 Å². The zero-order valence-corrected chi connectivity index (χ0v) is 12.8. The van der Waals surface area contributed by atoms with Crippen molar-refractivity contribution in [2.75, 3.05) is 0 Å². The van der Waals surface area contributed by atoms with E-state index < -0.39 is 5.79 Å². The van der Waals surface area contributed by atoms with Gasteiger partial charge in [0.1, 0.15) is 0 Å². The second-order valence-corrected chi connectivity index (χ2v) is 7.18. The average molecular weight is 272 g/mol. The maximum Gasteiger partial charge on any atom is 0.234 e. The van der Waals surface area contributed by atoms with E-state index in [0.29, 0.717) is 0 Å². The summed E-state index contributed by atoms with van der Waals surface area (Å²) in [6, 6.07) is 0. The molecular formula is C15H28O4. The van der Waals surface area contributed by atoms with E-state index in [-0.39, 0.29) is 11.2 Å². The largest absolute Gasteiger partial charge is 0.234 e. The van der Waals surface area contributed by atoms with Crippen LogP contribution in [0.3, 0.4) is 0 Å². The van der Waals surface area contributed by atoms with Crippen LogP contribution in [0.1, 0.15) is 79.1 Å². The van der Waals surface area contributed by atoms with Gasteiger partial charge in [0.2, 0.25) is 5.79 Å². The quantitative estimate of drug-likeness (QED) is 0.617. The molecule has 0 aromatic heterocycles. The van der Waals surface area contributed by atoms with E-state index in [9.17, 15) is 0 Å². The van der Waals surface area contributed by atoms with Crippen LogP contribution in [0.5, 0.6) is 0 Å². The van der Waals surface area contributed by atoms with Gasteiger partial charge in [0.15, 0.2) is 0 Å². The Morgan fingerprint density at radius 2 is 1.00 bits per heavy atom. The topological polar surface area (TPSA) is 36.9 Å². The Morgan fingerprint density at radius 1 is 0.526 bits per heavy atom. The van der Waals surface area contributed by atoms with Crippen molar-refractivity contribution in [1.29, 1.82) is 0 Å². The zero-order valence-electron chi connectivity index (χ0n) is 12.8. The predicted octanol–water partition coefficient (Wildman–Crippen LogP) is 4.28. The van der Waals surface area contributed by atoms with Crippen molar-refractivity contribution in [3.05, 3.63) is 0 Å². The van der Waals surface area contributed by atoms with Gasteiger partial charge in [0, 0.05) is 12.8 Å². The molecule has 1 aliphatic heterocycles. The van der Waals surface area contributed by atoms with Crippen molar-refractivity contribution in [3.63, 3.8) is 0 Å². The first-order valence-corrected chi connectivity index (χ1v) is 7.56. The number of hydrogen-bond acceptors (Lipinski definition) is 4. The third-order valence-corrected chi connectivity index (χ3v) is 4.01. The van der Waals surface area contributed by atoms with E-state index >= 15 is 0 Å². The third-order valence-electron chi connectivity index (χ3n) is 4.01. The lowest BCUT2D eigenvalue weighted by molar-refractivity contribution is -0.551. The summed E-state index contributed by atoms with van der Waals surface area (Å²) in [7, 11) is 0. The molecule has 4 heteroatoms. The molecule has 19 heavy (non-hydrogen) atoms. The number of rotatable bonds is 0. The van der Waals surface area contributed by atoms with Gasteiger partial charge < -0.3 is 0 Å². The Morgan fingerprint density at radius 3 is 1.47 bits per heavy atom. The van der Waals surface area contributed by atoms with Gasteiger partial charge >= 0.3 is 0 Å². The van der Waals surface area contributed by atoms with Crippen LogP contribution in [0.4, 0.5) is 0 Å². The van der Waals surface area contributed by atoms with Gasteiger partial charge in [0.05, 0.1) is 11.2 Å². The first-order chi connectivity index (χ1) is 8.83. The van der Waals surface area contributed by atoms with E-state index in [1.165, 1.54) is 6.42 Å². The van der Waals surface area contributed by atoms with Gasteiger partial charge in [-0.1, -0.05) is 6.42 Å². The van der Waals surface area contributed by atoms with Crippen LogP contribution < -0.4 is 0 Å². The molecule has 0 aromatic rings. The monoisotopic (exact) mass is 272 g/mol. The Balaban J connectivity index is 2.09. The molecule has 2 aliphatic rings. The van der Waals surface area contributed by atoms with E-state index in [0.717, 1.165) is 44.9 Å². The van der Waals surface area contributed by atoms with Crippen molar-refractivity contribution < 1.29 is 19.6 Å². The molecule has 0 radical (unpaired) electrons. The van der Waals surface area contributed by atoms with E-state index in [4.69, 9.17) is 19.6 Å². The fourth-order valence-corrected chi connectivity index (χ4v) is 2.67.